The average Bonchev–Trinajstić information content (AvgIpc) is 3.05. The van der Waals surface area contributed by atoms with Gasteiger partial charge in [0.25, 0.3) is 0 Å². The molecule has 2 aromatic carbocycles. The number of benzene rings is 2. The number of imidazole rings is 1. The number of fused-ring (bicyclic) bond motifs is 1. The number of primary amides is 1. The Bertz CT molecular complexity index is 1060. The lowest BCUT2D eigenvalue weighted by molar-refractivity contribution is -0.121. The van der Waals surface area contributed by atoms with Gasteiger partial charge < -0.3 is 16.5 Å². The predicted molar refractivity (Wildman–Crippen MR) is 96.5 cm³/mol. The van der Waals surface area contributed by atoms with E-state index >= 15 is 0 Å². The van der Waals surface area contributed by atoms with Crippen LogP contribution in [-0.4, -0.2) is 15.9 Å². The van der Waals surface area contributed by atoms with Gasteiger partial charge in [-0.1, -0.05) is 30.7 Å². The Morgan fingerprint density at radius 3 is 2.73 bits per heavy atom. The minimum Gasteiger partial charge on any atom is -0.369 e. The Labute approximate surface area is 153 Å². The molecule has 0 spiro atoms. The van der Waals surface area contributed by atoms with Gasteiger partial charge in [-0.05, 0) is 23.8 Å². The van der Waals surface area contributed by atoms with Crippen molar-refractivity contribution in [3.63, 3.8) is 0 Å². The lowest BCUT2D eigenvalue weighted by atomic mass is 10.0. The number of nitriles is 1. The van der Waals surface area contributed by atoms with E-state index in [0.717, 1.165) is 0 Å². The van der Waals surface area contributed by atoms with E-state index in [9.17, 15) is 9.18 Å². The summed E-state index contributed by atoms with van der Waals surface area (Å²) in [6.07, 6.45) is 0. The number of nitrogens with zero attached hydrogens (tertiary/aromatic N) is 2. The molecule has 132 valence electrons. The highest BCUT2D eigenvalue weighted by atomic mass is 35.5. The molecule has 5 N–H and O–H groups in total. The summed E-state index contributed by atoms with van der Waals surface area (Å²) in [5.74, 6) is -1.38. The second-order valence-electron chi connectivity index (χ2n) is 5.97. The fourth-order valence-electron chi connectivity index (χ4n) is 2.63. The molecule has 0 radical (unpaired) electrons. The molecule has 0 bridgehead atoms. The molecule has 1 amide bonds. The summed E-state index contributed by atoms with van der Waals surface area (Å²) in [7, 11) is 0. The van der Waals surface area contributed by atoms with Gasteiger partial charge in [0.15, 0.2) is 0 Å². The molecule has 0 saturated heterocycles. The van der Waals surface area contributed by atoms with E-state index in [1.807, 2.05) is 0 Å². The first-order valence-electron chi connectivity index (χ1n) is 7.76. The Hall–Kier alpha value is -2.95. The number of halogens is 2. The molecule has 2 atom stereocenters. The normalized spacial score (nSPS) is 13.3. The number of amides is 1. The molecule has 0 aliphatic carbocycles. The summed E-state index contributed by atoms with van der Waals surface area (Å²) in [5.41, 5.74) is 13.5. The average molecular weight is 372 g/mol. The van der Waals surface area contributed by atoms with Crippen LogP contribution in [0.25, 0.3) is 22.2 Å². The number of hydrogen-bond acceptors (Lipinski definition) is 4. The zero-order chi connectivity index (χ0) is 19.0. The number of aromatic nitrogens is 2. The third kappa shape index (κ3) is 3.01. The van der Waals surface area contributed by atoms with E-state index in [1.165, 1.54) is 12.1 Å². The fraction of sp³-hybridized carbons (Fsp3) is 0.167. The van der Waals surface area contributed by atoms with Crippen LogP contribution in [0, 0.1) is 23.1 Å². The van der Waals surface area contributed by atoms with E-state index in [-0.39, 0.29) is 5.56 Å². The summed E-state index contributed by atoms with van der Waals surface area (Å²) in [4.78, 5) is 18.8. The first-order chi connectivity index (χ1) is 12.3. The van der Waals surface area contributed by atoms with Crippen molar-refractivity contribution in [3.05, 3.63) is 52.6 Å². The molecule has 6 nitrogen and oxygen atoms in total. The number of H-pyrrole nitrogens is 1. The maximum absolute atomic E-state index is 13.9. The SMILES string of the molecule is CC(C(N)=O)C(N)c1nc2c(Cl)c(-c3ccc(C#N)c(F)c3)ccc2[nH]1. The van der Waals surface area contributed by atoms with Crippen LogP contribution in [0.5, 0.6) is 0 Å². The van der Waals surface area contributed by atoms with Crippen molar-refractivity contribution < 1.29 is 9.18 Å². The molecule has 2 unspecified atom stereocenters. The van der Waals surface area contributed by atoms with Crippen LogP contribution in [0.15, 0.2) is 30.3 Å². The number of hydrogen-bond donors (Lipinski definition) is 3. The molecule has 3 aromatic rings. The van der Waals surface area contributed by atoms with Crippen molar-refractivity contribution in [2.45, 2.75) is 13.0 Å². The minimum absolute atomic E-state index is 0.0422. The number of carbonyl (C=O) groups excluding carboxylic acids is 1. The zero-order valence-corrected chi connectivity index (χ0v) is 14.5. The van der Waals surface area contributed by atoms with Crippen LogP contribution in [-0.2, 0) is 4.79 Å². The third-order valence-electron chi connectivity index (χ3n) is 4.31. The van der Waals surface area contributed by atoms with E-state index in [1.54, 1.807) is 31.2 Å². The Balaban J connectivity index is 2.08. The fourth-order valence-corrected chi connectivity index (χ4v) is 2.95. The van der Waals surface area contributed by atoms with Gasteiger partial charge in [0.05, 0.1) is 28.1 Å². The van der Waals surface area contributed by atoms with Gasteiger partial charge in [0.2, 0.25) is 5.91 Å². The van der Waals surface area contributed by atoms with Crippen LogP contribution in [0.4, 0.5) is 4.39 Å². The van der Waals surface area contributed by atoms with E-state index < -0.39 is 23.7 Å². The van der Waals surface area contributed by atoms with Gasteiger partial charge in [-0.15, -0.1) is 0 Å². The molecular formula is C18H15ClFN5O. The molecule has 8 heteroatoms. The van der Waals surface area contributed by atoms with Crippen LogP contribution in [0.1, 0.15) is 24.4 Å². The van der Waals surface area contributed by atoms with E-state index in [2.05, 4.69) is 9.97 Å². The second kappa shape index (κ2) is 6.75. The third-order valence-corrected chi connectivity index (χ3v) is 4.70. The number of nitrogens with two attached hydrogens (primary N) is 2. The van der Waals surface area contributed by atoms with Crippen molar-refractivity contribution in [3.8, 4) is 17.2 Å². The highest BCUT2D eigenvalue weighted by Crippen LogP contribution is 2.35. The Morgan fingerprint density at radius 1 is 1.38 bits per heavy atom. The topological polar surface area (TPSA) is 122 Å². The largest absolute Gasteiger partial charge is 0.369 e. The smallest absolute Gasteiger partial charge is 0.222 e. The van der Waals surface area contributed by atoms with Gasteiger partial charge in [-0.3, -0.25) is 4.79 Å². The van der Waals surface area contributed by atoms with Crippen molar-refractivity contribution in [2.24, 2.45) is 17.4 Å². The van der Waals surface area contributed by atoms with Crippen LogP contribution in [0.2, 0.25) is 5.02 Å². The number of rotatable bonds is 4. The maximum Gasteiger partial charge on any atom is 0.222 e. The lowest BCUT2D eigenvalue weighted by Gasteiger charge is -2.13. The molecule has 0 saturated carbocycles. The summed E-state index contributed by atoms with van der Waals surface area (Å²) in [5, 5.41) is 9.15. The highest BCUT2D eigenvalue weighted by molar-refractivity contribution is 6.37. The summed E-state index contributed by atoms with van der Waals surface area (Å²) in [6, 6.07) is 8.79. The van der Waals surface area contributed by atoms with Gasteiger partial charge in [-0.2, -0.15) is 5.26 Å². The molecule has 0 fully saturated rings. The number of carbonyl (C=O) groups is 1. The molecular weight excluding hydrogens is 357 g/mol. The van der Waals surface area contributed by atoms with E-state index in [0.29, 0.717) is 33.0 Å². The molecule has 1 heterocycles. The van der Waals surface area contributed by atoms with Gasteiger partial charge in [0.1, 0.15) is 23.2 Å². The van der Waals surface area contributed by atoms with Crippen molar-refractivity contribution in [1.82, 2.24) is 9.97 Å². The highest BCUT2D eigenvalue weighted by Gasteiger charge is 2.23. The first kappa shape index (κ1) is 17.9. The maximum atomic E-state index is 13.9. The lowest BCUT2D eigenvalue weighted by Crippen LogP contribution is -2.31. The Kier molecular flexibility index (Phi) is 4.64. The van der Waals surface area contributed by atoms with Crippen molar-refractivity contribution in [2.75, 3.05) is 0 Å². The Morgan fingerprint density at radius 2 is 2.12 bits per heavy atom. The second-order valence-corrected chi connectivity index (χ2v) is 6.35. The predicted octanol–water partition coefficient (Wildman–Crippen LogP) is 3.02. The molecule has 26 heavy (non-hydrogen) atoms. The van der Waals surface area contributed by atoms with Gasteiger partial charge in [0, 0.05) is 5.56 Å². The quantitative estimate of drug-likeness (QED) is 0.652. The molecule has 1 aromatic heterocycles. The standard InChI is InChI=1S/C18H15ClFN5O/c1-8(17(23)26)15(22)18-24-13-5-4-11(14(19)16(13)25-18)9-2-3-10(7-21)12(20)6-9/h2-6,8,15H,22H2,1H3,(H2,23,26)(H,24,25). The van der Waals surface area contributed by atoms with Gasteiger partial charge >= 0.3 is 0 Å². The summed E-state index contributed by atoms with van der Waals surface area (Å²) >= 11 is 6.46. The molecule has 0 aliphatic rings. The first-order valence-corrected chi connectivity index (χ1v) is 8.14. The zero-order valence-electron chi connectivity index (χ0n) is 13.8. The summed E-state index contributed by atoms with van der Waals surface area (Å²) in [6.45, 7) is 1.62. The van der Waals surface area contributed by atoms with Crippen molar-refractivity contribution in [1.29, 1.82) is 5.26 Å². The van der Waals surface area contributed by atoms with Crippen molar-refractivity contribution >= 4 is 28.5 Å². The summed E-state index contributed by atoms with van der Waals surface area (Å²) < 4.78 is 13.9. The van der Waals surface area contributed by atoms with Crippen LogP contribution < -0.4 is 11.5 Å². The minimum atomic E-state index is -0.702. The van der Waals surface area contributed by atoms with Gasteiger partial charge in [-0.25, -0.2) is 9.37 Å². The molecule has 3 rings (SSSR count). The monoisotopic (exact) mass is 371 g/mol. The van der Waals surface area contributed by atoms with Crippen LogP contribution in [0.3, 0.4) is 0 Å². The molecule has 0 aliphatic heterocycles. The number of aromatic amines is 1. The van der Waals surface area contributed by atoms with Crippen LogP contribution >= 0.6 is 11.6 Å². The van der Waals surface area contributed by atoms with E-state index in [4.69, 9.17) is 28.3 Å². The number of nitrogens with one attached hydrogen (secondary N) is 1.